The number of halogens is 8. The van der Waals surface area contributed by atoms with E-state index in [0.717, 1.165) is 0 Å². The largest absolute Gasteiger partial charge is 0.225 e. The summed E-state index contributed by atoms with van der Waals surface area (Å²) >= 11 is 28.9. The molecule has 0 aromatic carbocycles. The molecule has 0 unspecified atom stereocenters. The van der Waals surface area contributed by atoms with Gasteiger partial charge in [-0.3, -0.25) is 0 Å². The minimum absolute atomic E-state index is 1.82. The predicted molar refractivity (Wildman–Crippen MR) is 112 cm³/mol. The Morgan fingerprint density at radius 1 is 0.375 bits per heavy atom. The molecule has 0 aliphatic carbocycles. The Balaban J connectivity index is 2.98. The van der Waals surface area contributed by atoms with E-state index in [1.54, 1.807) is 0 Å². The van der Waals surface area contributed by atoms with Gasteiger partial charge in [0.05, 0.1) is 0 Å². The van der Waals surface area contributed by atoms with Crippen LogP contribution < -0.4 is 19.4 Å². The first-order valence-corrected chi connectivity index (χ1v) is 26.4. The molecule has 1 saturated heterocycles. The molecule has 4 radical (unpaired) electrons. The van der Waals surface area contributed by atoms with Crippen LogP contribution in [0.2, 0.25) is 0 Å². The molecule has 16 heteroatoms. The second kappa shape index (κ2) is 6.88. The highest BCUT2D eigenvalue weighted by Gasteiger charge is 2.45. The lowest BCUT2D eigenvalue weighted by Crippen LogP contribution is -2.29. The Morgan fingerprint density at radius 2 is 0.500 bits per heavy atom. The van der Waals surface area contributed by atoms with Crippen molar-refractivity contribution in [2.24, 2.45) is 0 Å². The lowest BCUT2D eigenvalue weighted by atomic mass is 13.8. The van der Waals surface area contributed by atoms with Gasteiger partial charge in [-0.05, 0) is 124 Å². The Hall–Kier alpha value is 5.40. The predicted octanol–water partition coefficient (Wildman–Crippen LogP) is 8.23. The SMILES string of the molecule is Br[P]1(Br)N[P](Br)(Br)N[P](Br)(Br)N[P](Br)(Br)N1. The molecule has 0 saturated carbocycles. The Kier molecular flexibility index (Phi) is 8.37. The Bertz CT molecular complexity index is 205. The van der Waals surface area contributed by atoms with Gasteiger partial charge in [0, 0.05) is 0 Å². The molecule has 0 aromatic heterocycles. The van der Waals surface area contributed by atoms with Crippen molar-refractivity contribution in [3.05, 3.63) is 0 Å². The summed E-state index contributed by atoms with van der Waals surface area (Å²) in [6.07, 6.45) is 0. The van der Waals surface area contributed by atoms with E-state index in [1.807, 2.05) is 0 Å². The molecule has 1 rings (SSSR count). The number of rotatable bonds is 0. The highest BCUT2D eigenvalue weighted by atomic mass is 80.0. The molecule has 4 N–H and O–H groups in total. The molecular weight excluding hydrogens is 819 g/mol. The molecule has 0 aromatic rings. The van der Waals surface area contributed by atoms with E-state index in [4.69, 9.17) is 0 Å². The van der Waals surface area contributed by atoms with Crippen molar-refractivity contribution in [1.82, 2.24) is 19.4 Å². The normalized spacial score (nSPS) is 31.5. The maximum absolute atomic E-state index is 3.61. The van der Waals surface area contributed by atoms with Gasteiger partial charge < -0.3 is 0 Å². The summed E-state index contributed by atoms with van der Waals surface area (Å²) in [7, 11) is 0. The fourth-order valence-electron chi connectivity index (χ4n) is 0.720. The van der Waals surface area contributed by atoms with Crippen LogP contribution >= 0.6 is 144 Å². The van der Waals surface area contributed by atoms with Gasteiger partial charge in [-0.15, -0.1) is 0 Å². The van der Waals surface area contributed by atoms with E-state index < -0.39 is 19.9 Å². The first-order chi connectivity index (χ1) is 6.83. The molecule has 1 heterocycles. The lowest BCUT2D eigenvalue weighted by molar-refractivity contribution is 1.41. The van der Waals surface area contributed by atoms with Crippen molar-refractivity contribution in [3.8, 4) is 0 Å². The van der Waals surface area contributed by atoms with Crippen LogP contribution in [-0.2, 0) is 0 Å². The summed E-state index contributed by atoms with van der Waals surface area (Å²) in [5, 5.41) is 0. The highest BCUT2D eigenvalue weighted by molar-refractivity contribution is 9.79. The quantitative estimate of drug-likeness (QED) is 0.186. The zero-order valence-corrected chi connectivity index (χ0v) is 23.1. The Labute approximate surface area is 160 Å². The first-order valence-electron chi connectivity index (χ1n) is 3.14. The van der Waals surface area contributed by atoms with E-state index in [9.17, 15) is 0 Å². The molecule has 1 aliphatic rings. The fraction of sp³-hybridized carbons (Fsp3) is 0. The molecule has 1 aliphatic heterocycles. The van der Waals surface area contributed by atoms with Crippen molar-refractivity contribution in [2.45, 2.75) is 0 Å². The van der Waals surface area contributed by atoms with Crippen LogP contribution in [-0.4, -0.2) is 0 Å². The summed E-state index contributed by atoms with van der Waals surface area (Å²) in [5.74, 6) is 0. The molecule has 0 atom stereocenters. The van der Waals surface area contributed by atoms with Gasteiger partial charge in [-0.25, -0.2) is 19.4 Å². The smallest absolute Gasteiger partial charge is 0.126 e. The third kappa shape index (κ3) is 7.60. The van der Waals surface area contributed by atoms with Crippen LogP contribution in [0.1, 0.15) is 0 Å². The van der Waals surface area contributed by atoms with Gasteiger partial charge in [0.1, 0.15) is 19.9 Å². The first kappa shape index (κ1) is 19.4. The maximum Gasteiger partial charge on any atom is 0.126 e. The average molecular weight is 823 g/mol. The fourth-order valence-corrected chi connectivity index (χ4v) is 73.0. The molecule has 100 valence electrons. The minimum Gasteiger partial charge on any atom is -0.225 e. The van der Waals surface area contributed by atoms with Crippen molar-refractivity contribution < 1.29 is 0 Å². The van der Waals surface area contributed by atoms with Gasteiger partial charge in [-0.2, -0.15) is 0 Å². The summed E-state index contributed by atoms with van der Waals surface area (Å²) in [6, 6.07) is 0. The van der Waals surface area contributed by atoms with Crippen LogP contribution in [0.4, 0.5) is 0 Å². The topological polar surface area (TPSA) is 48.1 Å². The van der Waals surface area contributed by atoms with Gasteiger partial charge in [-0.1, -0.05) is 0 Å². The zero-order chi connectivity index (χ0) is 12.8. The number of hydrogen-bond acceptors (Lipinski definition) is 4. The third-order valence-electron chi connectivity index (χ3n) is 1.00. The molecule has 0 amide bonds. The zero-order valence-electron chi connectivity index (χ0n) is 6.81. The van der Waals surface area contributed by atoms with E-state index in [1.165, 1.54) is 0 Å². The van der Waals surface area contributed by atoms with Crippen molar-refractivity contribution in [1.29, 1.82) is 0 Å². The van der Waals surface area contributed by atoms with Gasteiger partial charge >= 0.3 is 0 Å². The maximum atomic E-state index is 3.61. The molecule has 4 nitrogen and oxygen atoms in total. The number of nitrogens with one attached hydrogen (secondary N) is 4. The van der Waals surface area contributed by atoms with Crippen molar-refractivity contribution >= 4 is 144 Å². The molecule has 0 spiro atoms. The van der Waals surface area contributed by atoms with Crippen LogP contribution in [0.15, 0.2) is 0 Å². The van der Waals surface area contributed by atoms with Crippen LogP contribution in [0.5, 0.6) is 0 Å². The molecular formula is H4Br8N4P4. The monoisotopic (exact) mass is 815 g/mol. The van der Waals surface area contributed by atoms with Crippen molar-refractivity contribution in [3.63, 3.8) is 0 Å². The van der Waals surface area contributed by atoms with E-state index >= 15 is 0 Å². The summed E-state index contributed by atoms with van der Waals surface area (Å²) in [6.45, 7) is 0. The summed E-state index contributed by atoms with van der Waals surface area (Å²) < 4.78 is 0. The van der Waals surface area contributed by atoms with Gasteiger partial charge in [0.25, 0.3) is 0 Å². The highest BCUT2D eigenvalue weighted by Crippen LogP contribution is 2.94. The minimum atomic E-state index is -1.82. The molecule has 0 bridgehead atoms. The van der Waals surface area contributed by atoms with E-state index in [-0.39, 0.29) is 0 Å². The van der Waals surface area contributed by atoms with Crippen LogP contribution in [0.3, 0.4) is 0 Å². The lowest BCUT2D eigenvalue weighted by Gasteiger charge is -2.47. The number of hydrogen-bond donors (Lipinski definition) is 4. The van der Waals surface area contributed by atoms with E-state index in [0.29, 0.717) is 0 Å². The van der Waals surface area contributed by atoms with Crippen molar-refractivity contribution in [2.75, 3.05) is 0 Å². The average Bonchev–Trinajstić information content (AvgIpc) is 1.67. The molecule has 1 fully saturated rings. The standard InChI is InChI=1S/Br8H4N4P4/c1-13(2)9-14(3,4)11-16(7,8)12-15(5,6)10-13/h9-12H. The van der Waals surface area contributed by atoms with Gasteiger partial charge in [0.2, 0.25) is 0 Å². The van der Waals surface area contributed by atoms with Gasteiger partial charge in [0.15, 0.2) is 0 Å². The van der Waals surface area contributed by atoms with Crippen LogP contribution in [0, 0.1) is 0 Å². The third-order valence-corrected chi connectivity index (χ3v) is 31.9. The Morgan fingerprint density at radius 3 is 0.625 bits per heavy atom. The summed E-state index contributed by atoms with van der Waals surface area (Å²) in [4.78, 5) is 6.35. The molecule has 16 heavy (non-hydrogen) atoms. The summed E-state index contributed by atoms with van der Waals surface area (Å²) in [5.41, 5.74) is 0. The van der Waals surface area contributed by atoms with Crippen LogP contribution in [0.25, 0.3) is 0 Å². The second-order valence-corrected chi connectivity index (χ2v) is 46.7. The van der Waals surface area contributed by atoms with E-state index in [2.05, 4.69) is 143 Å². The second-order valence-electron chi connectivity index (χ2n) is 2.46.